The molecule has 2 aromatic rings. The summed E-state index contributed by atoms with van der Waals surface area (Å²) in [5.74, 6) is 5.58. The highest BCUT2D eigenvalue weighted by Gasteiger charge is 2.19. The molecular weight excluding hydrogens is 274 g/mol. The van der Waals surface area contributed by atoms with Gasteiger partial charge in [-0.25, -0.2) is 5.84 Å². The Bertz CT molecular complexity index is 739. The molecule has 1 aromatic heterocycles. The minimum absolute atomic E-state index is 0.200. The lowest BCUT2D eigenvalue weighted by molar-refractivity contribution is -0.386. The molecule has 8 heteroatoms. The Morgan fingerprint density at radius 1 is 1.43 bits per heavy atom. The number of nitrogen functional groups attached to an aromatic ring is 1. The van der Waals surface area contributed by atoms with Crippen LogP contribution in [0.4, 0.5) is 11.5 Å². The second-order valence-electron chi connectivity index (χ2n) is 4.12. The molecule has 0 aliphatic rings. The van der Waals surface area contributed by atoms with E-state index in [2.05, 4.69) is 10.4 Å². The molecule has 0 saturated heterocycles. The van der Waals surface area contributed by atoms with Crippen LogP contribution in [0, 0.1) is 28.4 Å². The van der Waals surface area contributed by atoms with Crippen LogP contribution in [-0.2, 0) is 0 Å². The lowest BCUT2D eigenvalue weighted by atomic mass is 10.1. The second kappa shape index (κ2) is 5.85. The van der Waals surface area contributed by atoms with Gasteiger partial charge in [0.2, 0.25) is 0 Å². The van der Waals surface area contributed by atoms with Crippen LogP contribution in [0.2, 0.25) is 0 Å². The molecule has 0 bridgehead atoms. The van der Waals surface area contributed by atoms with Crippen LogP contribution in [0.3, 0.4) is 0 Å². The zero-order valence-corrected chi connectivity index (χ0v) is 11.0. The van der Waals surface area contributed by atoms with Crippen molar-refractivity contribution in [3.63, 3.8) is 0 Å². The molecule has 0 aliphatic heterocycles. The van der Waals surface area contributed by atoms with Gasteiger partial charge < -0.3 is 10.2 Å². The van der Waals surface area contributed by atoms with Crippen LogP contribution in [0.1, 0.15) is 11.1 Å². The van der Waals surface area contributed by atoms with E-state index in [1.807, 2.05) is 6.07 Å². The summed E-state index contributed by atoms with van der Waals surface area (Å²) in [6.07, 6.45) is 0. The number of aromatic nitrogens is 1. The zero-order valence-electron chi connectivity index (χ0n) is 11.0. The van der Waals surface area contributed by atoms with Crippen molar-refractivity contribution in [1.29, 1.82) is 5.26 Å². The van der Waals surface area contributed by atoms with Crippen molar-refractivity contribution in [3.8, 4) is 17.7 Å². The number of nitrogens with zero attached hydrogens (tertiary/aromatic N) is 3. The van der Waals surface area contributed by atoms with Gasteiger partial charge in [-0.1, -0.05) is 6.07 Å². The Balaban J connectivity index is 2.47. The van der Waals surface area contributed by atoms with Gasteiger partial charge in [0.25, 0.3) is 0 Å². The Morgan fingerprint density at radius 3 is 2.81 bits per heavy atom. The van der Waals surface area contributed by atoms with E-state index in [-0.39, 0.29) is 17.4 Å². The molecule has 0 radical (unpaired) electrons. The van der Waals surface area contributed by atoms with Gasteiger partial charge in [-0.15, -0.1) is 0 Å². The molecular formula is C13H11N5O3. The summed E-state index contributed by atoms with van der Waals surface area (Å²) < 4.78 is 5.49. The fourth-order valence-electron chi connectivity index (χ4n) is 1.61. The molecule has 3 N–H and O–H groups in total. The first-order valence-corrected chi connectivity index (χ1v) is 5.86. The smallest absolute Gasteiger partial charge is 0.331 e. The van der Waals surface area contributed by atoms with Crippen LogP contribution in [0.25, 0.3) is 0 Å². The SMILES string of the molecule is Cc1ccc(C#N)cc1Oc1nc(NN)ccc1[N+](=O)[O-]. The Morgan fingerprint density at radius 2 is 2.19 bits per heavy atom. The summed E-state index contributed by atoms with van der Waals surface area (Å²) in [4.78, 5) is 14.3. The van der Waals surface area contributed by atoms with Crippen LogP contribution < -0.4 is 16.0 Å². The van der Waals surface area contributed by atoms with E-state index in [0.29, 0.717) is 11.3 Å². The van der Waals surface area contributed by atoms with Crippen molar-refractivity contribution < 1.29 is 9.66 Å². The minimum atomic E-state index is -0.605. The highest BCUT2D eigenvalue weighted by atomic mass is 16.6. The highest BCUT2D eigenvalue weighted by molar-refractivity contribution is 5.51. The number of aryl methyl sites for hydroxylation is 1. The Hall–Kier alpha value is -3.18. The highest BCUT2D eigenvalue weighted by Crippen LogP contribution is 2.32. The molecule has 106 valence electrons. The van der Waals surface area contributed by atoms with Crippen molar-refractivity contribution in [1.82, 2.24) is 4.98 Å². The fraction of sp³-hybridized carbons (Fsp3) is 0.0769. The molecule has 0 fully saturated rings. The fourth-order valence-corrected chi connectivity index (χ4v) is 1.61. The van der Waals surface area contributed by atoms with E-state index >= 15 is 0 Å². The monoisotopic (exact) mass is 285 g/mol. The molecule has 0 aliphatic carbocycles. The average Bonchev–Trinajstić information content (AvgIpc) is 2.49. The number of hydrazine groups is 1. The normalized spacial score (nSPS) is 9.76. The Labute approximate surface area is 119 Å². The predicted molar refractivity (Wildman–Crippen MR) is 74.7 cm³/mol. The van der Waals surface area contributed by atoms with Gasteiger partial charge in [0, 0.05) is 6.07 Å². The van der Waals surface area contributed by atoms with Gasteiger partial charge in [-0.2, -0.15) is 10.2 Å². The number of anilines is 1. The summed E-state index contributed by atoms with van der Waals surface area (Å²) in [7, 11) is 0. The number of rotatable bonds is 4. The summed E-state index contributed by atoms with van der Waals surface area (Å²) in [6, 6.07) is 9.38. The van der Waals surface area contributed by atoms with Crippen molar-refractivity contribution in [2.45, 2.75) is 6.92 Å². The standard InChI is InChI=1S/C13H11N5O3/c1-8-2-3-9(7-14)6-11(8)21-13-10(18(19)20)4-5-12(16-13)17-15/h2-6H,15H2,1H3,(H,16,17). The third kappa shape index (κ3) is 3.05. The van der Waals surface area contributed by atoms with Crippen molar-refractivity contribution in [3.05, 3.63) is 51.6 Å². The van der Waals surface area contributed by atoms with E-state index < -0.39 is 4.92 Å². The molecule has 0 unspecified atom stereocenters. The first kappa shape index (κ1) is 14.2. The maximum absolute atomic E-state index is 11.0. The zero-order chi connectivity index (χ0) is 15.4. The maximum atomic E-state index is 11.0. The largest absolute Gasteiger partial charge is 0.433 e. The van der Waals surface area contributed by atoms with Crippen LogP contribution >= 0.6 is 0 Å². The number of benzene rings is 1. The molecule has 1 heterocycles. The molecule has 1 aromatic carbocycles. The molecule has 8 nitrogen and oxygen atoms in total. The maximum Gasteiger partial charge on any atom is 0.331 e. The van der Waals surface area contributed by atoms with Crippen molar-refractivity contribution >= 4 is 11.5 Å². The van der Waals surface area contributed by atoms with Gasteiger partial charge in [-0.3, -0.25) is 10.1 Å². The van der Waals surface area contributed by atoms with Crippen molar-refractivity contribution in [2.24, 2.45) is 5.84 Å². The van der Waals surface area contributed by atoms with Gasteiger partial charge in [0.15, 0.2) is 0 Å². The van der Waals surface area contributed by atoms with E-state index in [9.17, 15) is 10.1 Å². The number of nitrogens with two attached hydrogens (primary N) is 1. The second-order valence-corrected chi connectivity index (χ2v) is 4.12. The van der Waals surface area contributed by atoms with E-state index in [4.69, 9.17) is 15.8 Å². The van der Waals surface area contributed by atoms with Gasteiger partial charge in [0.1, 0.15) is 11.6 Å². The molecule has 0 spiro atoms. The third-order valence-corrected chi connectivity index (χ3v) is 2.71. The lowest BCUT2D eigenvalue weighted by Crippen LogP contribution is -2.09. The number of hydrogen-bond donors (Lipinski definition) is 2. The molecule has 0 saturated carbocycles. The number of nitrogens with one attached hydrogen (secondary N) is 1. The number of nitro groups is 1. The van der Waals surface area contributed by atoms with Crippen LogP contribution in [0.15, 0.2) is 30.3 Å². The van der Waals surface area contributed by atoms with E-state index in [0.717, 1.165) is 5.56 Å². The molecule has 21 heavy (non-hydrogen) atoms. The summed E-state index contributed by atoms with van der Waals surface area (Å²) in [5.41, 5.74) is 3.09. The summed E-state index contributed by atoms with van der Waals surface area (Å²) in [6.45, 7) is 1.76. The third-order valence-electron chi connectivity index (χ3n) is 2.71. The van der Waals surface area contributed by atoms with Gasteiger partial charge in [0.05, 0.1) is 16.6 Å². The summed E-state index contributed by atoms with van der Waals surface area (Å²) >= 11 is 0. The average molecular weight is 285 g/mol. The van der Waals surface area contributed by atoms with Gasteiger partial charge in [-0.05, 0) is 30.7 Å². The number of nitriles is 1. The quantitative estimate of drug-likeness (QED) is 0.501. The summed E-state index contributed by atoms with van der Waals surface area (Å²) in [5, 5.41) is 19.9. The van der Waals surface area contributed by atoms with E-state index in [1.54, 1.807) is 19.1 Å². The van der Waals surface area contributed by atoms with Gasteiger partial charge >= 0.3 is 11.6 Å². The van der Waals surface area contributed by atoms with E-state index in [1.165, 1.54) is 18.2 Å². The first-order chi connectivity index (χ1) is 10.0. The Kier molecular flexibility index (Phi) is 3.97. The van der Waals surface area contributed by atoms with Crippen molar-refractivity contribution in [2.75, 3.05) is 5.43 Å². The number of ether oxygens (including phenoxy) is 1. The molecule has 0 amide bonds. The topological polar surface area (TPSA) is 127 Å². The number of hydrogen-bond acceptors (Lipinski definition) is 7. The first-order valence-electron chi connectivity index (χ1n) is 5.86. The minimum Gasteiger partial charge on any atom is -0.433 e. The molecule has 2 rings (SSSR count). The lowest BCUT2D eigenvalue weighted by Gasteiger charge is -2.09. The predicted octanol–water partition coefficient (Wildman–Crippen LogP) is 2.25. The molecule has 0 atom stereocenters. The number of pyridine rings is 1. The van der Waals surface area contributed by atoms with Crippen LogP contribution in [0.5, 0.6) is 11.6 Å². The van der Waals surface area contributed by atoms with Crippen LogP contribution in [-0.4, -0.2) is 9.91 Å².